The van der Waals surface area contributed by atoms with Gasteiger partial charge in [0.05, 0.1) is 5.69 Å². The minimum absolute atomic E-state index is 0.0693. The molecule has 0 aliphatic carbocycles. The van der Waals surface area contributed by atoms with E-state index in [4.69, 9.17) is 9.47 Å². The van der Waals surface area contributed by atoms with E-state index in [0.29, 0.717) is 18.2 Å². The smallest absolute Gasteiger partial charge is 0.272 e. The molecule has 4 heterocycles. The first-order chi connectivity index (χ1) is 13.6. The average Bonchev–Trinajstić information content (AvgIpc) is 3.27. The van der Waals surface area contributed by atoms with Gasteiger partial charge < -0.3 is 14.8 Å². The van der Waals surface area contributed by atoms with Gasteiger partial charge in [-0.15, -0.1) is 0 Å². The van der Waals surface area contributed by atoms with Crippen molar-refractivity contribution in [3.63, 3.8) is 0 Å². The van der Waals surface area contributed by atoms with Gasteiger partial charge in [-0.2, -0.15) is 0 Å². The number of hydrogen-bond acceptors (Lipinski definition) is 6. The largest absolute Gasteiger partial charge is 0.454 e. The number of H-pyrrole nitrogens is 1. The first-order valence-electron chi connectivity index (χ1n) is 9.61. The minimum Gasteiger partial charge on any atom is -0.454 e. The molecule has 0 radical (unpaired) electrons. The maximum Gasteiger partial charge on any atom is 0.272 e. The van der Waals surface area contributed by atoms with E-state index in [-0.39, 0.29) is 12.4 Å². The van der Waals surface area contributed by atoms with Gasteiger partial charge in [0.1, 0.15) is 0 Å². The van der Waals surface area contributed by atoms with E-state index >= 15 is 0 Å². The Kier molecular flexibility index (Phi) is 4.20. The molecule has 2 aromatic heterocycles. The molecule has 3 aromatic rings. The topological polar surface area (TPSA) is 83.9 Å². The molecule has 1 aromatic carbocycles. The van der Waals surface area contributed by atoms with Gasteiger partial charge in [0.25, 0.3) is 5.56 Å². The number of aromatic nitrogens is 3. The Morgan fingerprint density at radius 3 is 3.07 bits per heavy atom. The summed E-state index contributed by atoms with van der Waals surface area (Å²) in [6, 6.07) is 9.82. The quantitative estimate of drug-likeness (QED) is 0.720. The number of aromatic amines is 1. The molecule has 1 atom stereocenters. The second kappa shape index (κ2) is 6.87. The van der Waals surface area contributed by atoms with Gasteiger partial charge in [-0.05, 0) is 38.4 Å². The van der Waals surface area contributed by atoms with Crippen molar-refractivity contribution in [3.8, 4) is 11.5 Å². The predicted octanol–water partition coefficient (Wildman–Crippen LogP) is 2.14. The zero-order chi connectivity index (χ0) is 19.1. The van der Waals surface area contributed by atoms with Gasteiger partial charge in [-0.25, -0.2) is 9.50 Å². The fraction of sp³-hybridized carbons (Fsp3) is 0.400. The molecule has 5 rings (SSSR count). The van der Waals surface area contributed by atoms with Crippen LogP contribution in [0.15, 0.2) is 35.1 Å². The zero-order valence-electron chi connectivity index (χ0n) is 15.8. The summed E-state index contributed by atoms with van der Waals surface area (Å²) in [5, 5.41) is 6.61. The summed E-state index contributed by atoms with van der Waals surface area (Å²) < 4.78 is 12.3. The first kappa shape index (κ1) is 17.1. The van der Waals surface area contributed by atoms with E-state index in [1.807, 2.05) is 31.2 Å². The molecule has 0 saturated carbocycles. The maximum atomic E-state index is 12.3. The summed E-state index contributed by atoms with van der Waals surface area (Å²) in [4.78, 5) is 19.3. The average molecular weight is 381 g/mol. The minimum atomic E-state index is -0.0693. The third-order valence-corrected chi connectivity index (χ3v) is 5.27. The lowest BCUT2D eigenvalue weighted by molar-refractivity contribution is 0.174. The molecule has 2 N–H and O–H groups in total. The summed E-state index contributed by atoms with van der Waals surface area (Å²) in [6.07, 6.45) is 2.21. The highest BCUT2D eigenvalue weighted by Crippen LogP contribution is 2.34. The molecule has 1 fully saturated rings. The molecule has 1 saturated heterocycles. The summed E-state index contributed by atoms with van der Waals surface area (Å²) >= 11 is 0. The third-order valence-electron chi connectivity index (χ3n) is 5.27. The Morgan fingerprint density at radius 2 is 2.14 bits per heavy atom. The van der Waals surface area contributed by atoms with Crippen molar-refractivity contribution in [1.29, 1.82) is 0 Å². The Labute approximate surface area is 162 Å². The Morgan fingerprint density at radius 1 is 1.25 bits per heavy atom. The Balaban J connectivity index is 1.27. The fourth-order valence-corrected chi connectivity index (χ4v) is 4.01. The highest BCUT2D eigenvalue weighted by Gasteiger charge is 2.22. The molecule has 2 aliphatic rings. The van der Waals surface area contributed by atoms with E-state index in [0.717, 1.165) is 54.5 Å². The number of piperidine rings is 1. The van der Waals surface area contributed by atoms with Crippen molar-refractivity contribution in [3.05, 3.63) is 52.1 Å². The molecule has 28 heavy (non-hydrogen) atoms. The highest BCUT2D eigenvalue weighted by molar-refractivity contribution is 5.56. The van der Waals surface area contributed by atoms with E-state index in [1.54, 1.807) is 6.07 Å². The Hall–Kier alpha value is -3.00. The van der Waals surface area contributed by atoms with Crippen molar-refractivity contribution in [2.45, 2.75) is 32.4 Å². The van der Waals surface area contributed by atoms with Gasteiger partial charge in [-0.3, -0.25) is 14.8 Å². The van der Waals surface area contributed by atoms with Crippen LogP contribution >= 0.6 is 0 Å². The predicted molar refractivity (Wildman–Crippen MR) is 105 cm³/mol. The second-order valence-corrected chi connectivity index (χ2v) is 7.51. The second-order valence-electron chi connectivity index (χ2n) is 7.51. The van der Waals surface area contributed by atoms with Crippen molar-refractivity contribution in [1.82, 2.24) is 19.5 Å². The number of fused-ring (bicyclic) bond motifs is 2. The number of nitrogens with one attached hydrogen (secondary N) is 2. The Bertz CT molecular complexity index is 1070. The molecule has 8 nitrogen and oxygen atoms in total. The number of ether oxygens (including phenoxy) is 2. The number of rotatable bonds is 4. The first-order valence-corrected chi connectivity index (χ1v) is 9.61. The van der Waals surface area contributed by atoms with Crippen LogP contribution in [0.4, 0.5) is 5.69 Å². The monoisotopic (exact) mass is 381 g/mol. The standard InChI is InChI=1S/C20H23N5O3/c1-13-7-19-22-16(9-20(26)25(19)23-13)11-24-6-2-3-15(10-24)21-14-4-5-17-18(8-14)28-12-27-17/h4-5,7-9,15,21,23H,2-3,6,10-12H2,1H3/t15-/m1/s1. The van der Waals surface area contributed by atoms with Crippen LogP contribution in [0.25, 0.3) is 5.65 Å². The van der Waals surface area contributed by atoms with Gasteiger partial charge in [0.2, 0.25) is 6.79 Å². The summed E-state index contributed by atoms with van der Waals surface area (Å²) in [6.45, 7) is 4.79. The van der Waals surface area contributed by atoms with Crippen molar-refractivity contribution >= 4 is 11.3 Å². The van der Waals surface area contributed by atoms with Gasteiger partial charge in [-0.1, -0.05) is 0 Å². The number of likely N-dealkylation sites (tertiary alicyclic amines) is 1. The lowest BCUT2D eigenvalue weighted by Crippen LogP contribution is -2.41. The molecule has 0 unspecified atom stereocenters. The van der Waals surface area contributed by atoms with Gasteiger partial charge in [0, 0.05) is 48.7 Å². The van der Waals surface area contributed by atoms with Crippen molar-refractivity contribution < 1.29 is 9.47 Å². The molecule has 146 valence electrons. The number of anilines is 1. The SMILES string of the molecule is Cc1cc2nc(CN3CCC[C@@H](Nc4ccc5c(c4)OCO5)C3)cc(=O)n2[nH]1. The molecule has 0 amide bonds. The van der Waals surface area contributed by atoms with Crippen molar-refractivity contribution in [2.24, 2.45) is 0 Å². The maximum absolute atomic E-state index is 12.3. The summed E-state index contributed by atoms with van der Waals surface area (Å²) in [5.41, 5.74) is 3.38. The van der Waals surface area contributed by atoms with Crippen LogP contribution < -0.4 is 20.3 Å². The summed E-state index contributed by atoms with van der Waals surface area (Å²) in [5.74, 6) is 1.58. The molecule has 0 bridgehead atoms. The van der Waals surface area contributed by atoms with E-state index in [1.165, 1.54) is 4.52 Å². The number of benzene rings is 1. The molecular weight excluding hydrogens is 358 g/mol. The summed E-state index contributed by atoms with van der Waals surface area (Å²) in [7, 11) is 0. The van der Waals surface area contributed by atoms with Crippen LogP contribution in [0.3, 0.4) is 0 Å². The van der Waals surface area contributed by atoms with Crippen LogP contribution in [-0.2, 0) is 6.54 Å². The normalized spacial score (nSPS) is 19.2. The van der Waals surface area contributed by atoms with Crippen LogP contribution in [0.1, 0.15) is 24.2 Å². The lowest BCUT2D eigenvalue weighted by Gasteiger charge is -2.33. The molecule has 2 aliphatic heterocycles. The van der Waals surface area contributed by atoms with Crippen LogP contribution in [0.2, 0.25) is 0 Å². The van der Waals surface area contributed by atoms with Crippen LogP contribution in [0.5, 0.6) is 11.5 Å². The fourth-order valence-electron chi connectivity index (χ4n) is 4.01. The van der Waals surface area contributed by atoms with Crippen molar-refractivity contribution in [2.75, 3.05) is 25.2 Å². The van der Waals surface area contributed by atoms with Crippen LogP contribution in [-0.4, -0.2) is 45.4 Å². The molecular formula is C20H23N5O3. The van der Waals surface area contributed by atoms with E-state index < -0.39 is 0 Å². The highest BCUT2D eigenvalue weighted by atomic mass is 16.7. The number of nitrogens with zero attached hydrogens (tertiary/aromatic N) is 3. The number of aryl methyl sites for hydroxylation is 1. The zero-order valence-corrected chi connectivity index (χ0v) is 15.8. The molecule has 0 spiro atoms. The van der Waals surface area contributed by atoms with Gasteiger partial charge in [0.15, 0.2) is 17.1 Å². The van der Waals surface area contributed by atoms with Gasteiger partial charge >= 0.3 is 0 Å². The van der Waals surface area contributed by atoms with E-state index in [2.05, 4.69) is 20.3 Å². The number of hydrogen-bond donors (Lipinski definition) is 2. The molecule has 8 heteroatoms. The van der Waals surface area contributed by atoms with E-state index in [9.17, 15) is 4.79 Å². The lowest BCUT2D eigenvalue weighted by atomic mass is 10.0. The van der Waals surface area contributed by atoms with Crippen LogP contribution in [0, 0.1) is 6.92 Å². The third kappa shape index (κ3) is 3.31.